The number of hydrogen-bond donors (Lipinski definition) is 1. The van der Waals surface area contributed by atoms with Crippen molar-refractivity contribution in [1.82, 2.24) is 0 Å². The van der Waals surface area contributed by atoms with Crippen LogP contribution in [0.15, 0.2) is 12.1 Å². The average molecular weight is 237 g/mol. The number of hydrogen-bond acceptors (Lipinski definition) is 4. The molecule has 1 N–H and O–H groups in total. The molecule has 0 spiro atoms. The average Bonchev–Trinajstić information content (AvgIpc) is 2.47. The molecule has 0 aromatic heterocycles. The van der Waals surface area contributed by atoms with Crippen LogP contribution >= 0.6 is 0 Å². The lowest BCUT2D eigenvalue weighted by Gasteiger charge is -2.20. The highest BCUT2D eigenvalue weighted by molar-refractivity contribution is 5.65. The Balaban J connectivity index is 2.37. The van der Waals surface area contributed by atoms with E-state index < -0.39 is 0 Å². The van der Waals surface area contributed by atoms with Crippen LogP contribution in [-0.4, -0.2) is 27.4 Å². The normalized spacial score (nSPS) is 17.2. The molecule has 4 heteroatoms. The van der Waals surface area contributed by atoms with Crippen LogP contribution in [0.1, 0.15) is 13.8 Å². The summed E-state index contributed by atoms with van der Waals surface area (Å²) in [5.74, 6) is 2.21. The van der Waals surface area contributed by atoms with Gasteiger partial charge in [0.25, 0.3) is 0 Å². The third kappa shape index (κ3) is 2.40. The van der Waals surface area contributed by atoms with Crippen molar-refractivity contribution in [3.8, 4) is 17.2 Å². The van der Waals surface area contributed by atoms with Crippen LogP contribution in [-0.2, 0) is 0 Å². The zero-order chi connectivity index (χ0) is 12.5. The van der Waals surface area contributed by atoms with Crippen molar-refractivity contribution in [2.75, 3.05) is 32.7 Å². The minimum atomic E-state index is 0.111. The van der Waals surface area contributed by atoms with E-state index in [4.69, 9.17) is 14.2 Å². The van der Waals surface area contributed by atoms with Gasteiger partial charge in [0.15, 0.2) is 11.5 Å². The highest BCUT2D eigenvalue weighted by Gasteiger charge is 2.24. The van der Waals surface area contributed by atoms with Gasteiger partial charge in [-0.05, 0) is 0 Å². The van der Waals surface area contributed by atoms with E-state index >= 15 is 0 Å². The molecule has 0 bridgehead atoms. The van der Waals surface area contributed by atoms with Crippen molar-refractivity contribution in [3.63, 3.8) is 0 Å². The van der Waals surface area contributed by atoms with Gasteiger partial charge in [-0.2, -0.15) is 0 Å². The summed E-state index contributed by atoms with van der Waals surface area (Å²) in [5.41, 5.74) is 1.06. The van der Waals surface area contributed by atoms with Crippen LogP contribution in [0.5, 0.6) is 17.2 Å². The predicted octanol–water partition coefficient (Wildman–Crippen LogP) is 2.53. The fraction of sp³-hybridized carbons (Fsp3) is 0.538. The number of fused-ring (bicyclic) bond motifs is 1. The minimum Gasteiger partial charge on any atom is -0.493 e. The van der Waals surface area contributed by atoms with Crippen LogP contribution < -0.4 is 19.5 Å². The first kappa shape index (κ1) is 11.9. The van der Waals surface area contributed by atoms with E-state index in [1.807, 2.05) is 12.1 Å². The SMILES string of the molecule is COc1cc2c(cc1OC)OCC(C)(C)CN2. The number of benzene rings is 1. The number of rotatable bonds is 2. The van der Waals surface area contributed by atoms with Crippen molar-refractivity contribution in [3.05, 3.63) is 12.1 Å². The van der Waals surface area contributed by atoms with E-state index in [2.05, 4.69) is 19.2 Å². The van der Waals surface area contributed by atoms with Gasteiger partial charge in [-0.15, -0.1) is 0 Å². The Morgan fingerprint density at radius 3 is 2.47 bits per heavy atom. The topological polar surface area (TPSA) is 39.7 Å². The number of nitrogens with one attached hydrogen (secondary N) is 1. The van der Waals surface area contributed by atoms with Crippen molar-refractivity contribution < 1.29 is 14.2 Å². The predicted molar refractivity (Wildman–Crippen MR) is 67.3 cm³/mol. The first-order valence-electron chi connectivity index (χ1n) is 5.68. The summed E-state index contributed by atoms with van der Waals surface area (Å²) in [7, 11) is 3.25. The fourth-order valence-electron chi connectivity index (χ4n) is 1.78. The van der Waals surface area contributed by atoms with Crippen LogP contribution in [0, 0.1) is 5.41 Å². The summed E-state index contributed by atoms with van der Waals surface area (Å²) in [6.07, 6.45) is 0. The lowest BCUT2D eigenvalue weighted by atomic mass is 9.95. The molecule has 0 fully saturated rings. The molecule has 4 nitrogen and oxygen atoms in total. The Hall–Kier alpha value is -1.58. The third-order valence-electron chi connectivity index (χ3n) is 2.86. The lowest BCUT2D eigenvalue weighted by Crippen LogP contribution is -2.27. The lowest BCUT2D eigenvalue weighted by molar-refractivity contribution is 0.199. The molecular weight excluding hydrogens is 218 g/mol. The second kappa shape index (κ2) is 4.35. The molecule has 1 aromatic rings. The fourth-order valence-corrected chi connectivity index (χ4v) is 1.78. The maximum absolute atomic E-state index is 5.81. The number of anilines is 1. The first-order valence-corrected chi connectivity index (χ1v) is 5.68. The second-order valence-corrected chi connectivity index (χ2v) is 5.01. The highest BCUT2D eigenvalue weighted by Crippen LogP contribution is 2.40. The Bertz CT molecular complexity index is 378. The van der Waals surface area contributed by atoms with Gasteiger partial charge in [-0.3, -0.25) is 0 Å². The first-order chi connectivity index (χ1) is 8.05. The van der Waals surface area contributed by atoms with Gasteiger partial charge >= 0.3 is 0 Å². The van der Waals surface area contributed by atoms with Gasteiger partial charge in [-0.25, -0.2) is 0 Å². The molecule has 1 aliphatic heterocycles. The van der Waals surface area contributed by atoms with E-state index in [9.17, 15) is 0 Å². The number of methoxy groups -OCH3 is 2. The van der Waals surface area contributed by atoms with Gasteiger partial charge in [0.05, 0.1) is 26.5 Å². The summed E-state index contributed by atoms with van der Waals surface area (Å²) in [5, 5.41) is 3.38. The van der Waals surface area contributed by atoms with E-state index in [0.29, 0.717) is 18.1 Å². The largest absolute Gasteiger partial charge is 0.493 e. The zero-order valence-corrected chi connectivity index (χ0v) is 10.8. The molecule has 0 amide bonds. The summed E-state index contributed by atoms with van der Waals surface area (Å²) >= 11 is 0. The van der Waals surface area contributed by atoms with Crippen LogP contribution in [0.4, 0.5) is 5.69 Å². The molecule has 0 radical (unpaired) electrons. The van der Waals surface area contributed by atoms with E-state index in [0.717, 1.165) is 18.0 Å². The molecule has 1 heterocycles. The molecular formula is C13H19NO3. The maximum Gasteiger partial charge on any atom is 0.164 e. The molecule has 0 saturated carbocycles. The third-order valence-corrected chi connectivity index (χ3v) is 2.86. The highest BCUT2D eigenvalue weighted by atomic mass is 16.5. The molecule has 2 rings (SSSR count). The number of ether oxygens (including phenoxy) is 3. The molecule has 0 atom stereocenters. The smallest absolute Gasteiger partial charge is 0.164 e. The van der Waals surface area contributed by atoms with Gasteiger partial charge < -0.3 is 19.5 Å². The van der Waals surface area contributed by atoms with Gasteiger partial charge in [0.1, 0.15) is 5.75 Å². The van der Waals surface area contributed by atoms with Gasteiger partial charge in [-0.1, -0.05) is 13.8 Å². The summed E-state index contributed by atoms with van der Waals surface area (Å²) in [4.78, 5) is 0. The Labute approximate surface area is 102 Å². The van der Waals surface area contributed by atoms with Crippen LogP contribution in [0.3, 0.4) is 0 Å². The summed E-state index contributed by atoms with van der Waals surface area (Å²) in [6, 6.07) is 3.78. The van der Waals surface area contributed by atoms with E-state index in [1.54, 1.807) is 14.2 Å². The molecule has 17 heavy (non-hydrogen) atoms. The van der Waals surface area contributed by atoms with Crippen molar-refractivity contribution in [2.24, 2.45) is 5.41 Å². The van der Waals surface area contributed by atoms with Crippen molar-refractivity contribution >= 4 is 5.69 Å². The minimum absolute atomic E-state index is 0.111. The van der Waals surface area contributed by atoms with E-state index in [1.165, 1.54) is 0 Å². The standard InChI is InChI=1S/C13H19NO3/c1-13(2)7-14-9-5-11(15-3)12(16-4)6-10(9)17-8-13/h5-6,14H,7-8H2,1-4H3. The van der Waals surface area contributed by atoms with Gasteiger partial charge in [0.2, 0.25) is 0 Å². The molecule has 1 aliphatic rings. The van der Waals surface area contributed by atoms with Crippen molar-refractivity contribution in [1.29, 1.82) is 0 Å². The zero-order valence-electron chi connectivity index (χ0n) is 10.8. The molecule has 0 saturated heterocycles. The Morgan fingerprint density at radius 1 is 1.18 bits per heavy atom. The summed E-state index contributed by atoms with van der Waals surface area (Å²) in [6.45, 7) is 5.89. The van der Waals surface area contributed by atoms with Crippen LogP contribution in [0.25, 0.3) is 0 Å². The molecule has 0 aliphatic carbocycles. The van der Waals surface area contributed by atoms with E-state index in [-0.39, 0.29) is 5.41 Å². The Kier molecular flexibility index (Phi) is 3.05. The van der Waals surface area contributed by atoms with Crippen LogP contribution in [0.2, 0.25) is 0 Å². The maximum atomic E-state index is 5.81. The Morgan fingerprint density at radius 2 is 1.82 bits per heavy atom. The molecule has 0 unspecified atom stereocenters. The quantitative estimate of drug-likeness (QED) is 0.858. The summed E-state index contributed by atoms with van der Waals surface area (Å²) < 4.78 is 16.3. The molecule has 1 aromatic carbocycles. The molecule has 94 valence electrons. The monoisotopic (exact) mass is 237 g/mol. The van der Waals surface area contributed by atoms with Crippen molar-refractivity contribution in [2.45, 2.75) is 13.8 Å². The van der Waals surface area contributed by atoms with Gasteiger partial charge in [0, 0.05) is 24.1 Å². The second-order valence-electron chi connectivity index (χ2n) is 5.01.